The van der Waals surface area contributed by atoms with Crippen molar-refractivity contribution in [1.29, 1.82) is 0 Å². The van der Waals surface area contributed by atoms with E-state index in [0.29, 0.717) is 5.82 Å². The van der Waals surface area contributed by atoms with Crippen LogP contribution in [0.5, 0.6) is 0 Å². The van der Waals surface area contributed by atoms with E-state index in [1.807, 2.05) is 17.4 Å². The topological polar surface area (TPSA) is 41.9 Å². The van der Waals surface area contributed by atoms with Crippen molar-refractivity contribution in [3.8, 4) is 22.8 Å². The molecule has 0 saturated carbocycles. The van der Waals surface area contributed by atoms with E-state index in [9.17, 15) is 0 Å². The van der Waals surface area contributed by atoms with Gasteiger partial charge in [-0.15, -0.1) is 11.3 Å². The lowest BCUT2D eigenvalue weighted by atomic mass is 9.95. The molecule has 11 aromatic rings. The third kappa shape index (κ3) is 4.79. The predicted octanol–water partition coefficient (Wildman–Crippen LogP) is 13.7. The molecule has 252 valence electrons. The number of hydrogen-bond donors (Lipinski definition) is 0. The van der Waals surface area contributed by atoms with E-state index >= 15 is 0 Å². The van der Waals surface area contributed by atoms with Crippen molar-refractivity contribution in [3.05, 3.63) is 182 Å². The van der Waals surface area contributed by atoms with Crippen molar-refractivity contribution in [1.82, 2.24) is 15.0 Å². The fourth-order valence-electron chi connectivity index (χ4n) is 8.04. The van der Waals surface area contributed by atoms with Gasteiger partial charge in [0.2, 0.25) is 0 Å². The van der Waals surface area contributed by atoms with Gasteiger partial charge in [0.1, 0.15) is 5.69 Å². The lowest BCUT2D eigenvalue weighted by molar-refractivity contribution is 1.20. The highest BCUT2D eigenvalue weighted by Crippen LogP contribution is 2.46. The molecular formula is C49H30N4S. The summed E-state index contributed by atoms with van der Waals surface area (Å²) in [6, 6.07) is 64.0. The minimum absolute atomic E-state index is 0.614. The van der Waals surface area contributed by atoms with Gasteiger partial charge in [-0.25, -0.2) is 15.0 Å². The summed E-state index contributed by atoms with van der Waals surface area (Å²) in [4.78, 5) is 18.5. The summed E-state index contributed by atoms with van der Waals surface area (Å²) in [7, 11) is 0. The van der Waals surface area contributed by atoms with Crippen molar-refractivity contribution < 1.29 is 0 Å². The van der Waals surface area contributed by atoms with E-state index in [1.54, 1.807) is 0 Å². The quantitative estimate of drug-likeness (QED) is 0.167. The molecule has 0 amide bonds. The molecule has 0 aliphatic rings. The molecule has 11 rings (SSSR count). The molecule has 0 aliphatic carbocycles. The Morgan fingerprint density at radius 2 is 0.889 bits per heavy atom. The van der Waals surface area contributed by atoms with Gasteiger partial charge in [-0.3, -0.25) is 0 Å². The number of anilines is 3. The summed E-state index contributed by atoms with van der Waals surface area (Å²) in [5, 5.41) is 9.33. The molecule has 0 spiro atoms. The zero-order chi connectivity index (χ0) is 35.6. The van der Waals surface area contributed by atoms with Crippen molar-refractivity contribution in [2.45, 2.75) is 0 Å². The lowest BCUT2D eigenvalue weighted by Crippen LogP contribution is -2.09. The van der Waals surface area contributed by atoms with Crippen LogP contribution >= 0.6 is 11.3 Å². The van der Waals surface area contributed by atoms with Crippen LogP contribution in [-0.2, 0) is 0 Å². The Hall–Kier alpha value is -6.95. The van der Waals surface area contributed by atoms with Crippen LogP contribution in [0.1, 0.15) is 0 Å². The summed E-state index contributed by atoms with van der Waals surface area (Å²) < 4.78 is 2.45. The Morgan fingerprint density at radius 3 is 1.57 bits per heavy atom. The van der Waals surface area contributed by atoms with E-state index in [2.05, 4.69) is 181 Å². The van der Waals surface area contributed by atoms with Crippen LogP contribution in [0.4, 0.5) is 17.1 Å². The van der Waals surface area contributed by atoms with E-state index in [4.69, 9.17) is 15.0 Å². The van der Waals surface area contributed by atoms with Gasteiger partial charge in [0.15, 0.2) is 5.82 Å². The molecule has 5 heteroatoms. The number of rotatable bonds is 5. The van der Waals surface area contributed by atoms with Gasteiger partial charge in [0.05, 0.1) is 21.4 Å². The van der Waals surface area contributed by atoms with E-state index < -0.39 is 0 Å². The molecule has 0 aliphatic heterocycles. The third-order valence-electron chi connectivity index (χ3n) is 10.4. The molecule has 0 atom stereocenters. The van der Waals surface area contributed by atoms with Gasteiger partial charge in [-0.05, 0) is 64.7 Å². The monoisotopic (exact) mass is 706 g/mol. The lowest BCUT2D eigenvalue weighted by Gasteiger charge is -2.25. The molecule has 4 nitrogen and oxygen atoms in total. The molecule has 8 aromatic carbocycles. The van der Waals surface area contributed by atoms with Gasteiger partial charge >= 0.3 is 0 Å². The summed E-state index contributed by atoms with van der Waals surface area (Å²) in [6.07, 6.45) is 0. The van der Waals surface area contributed by atoms with Crippen molar-refractivity contribution in [3.63, 3.8) is 0 Å². The summed E-state index contributed by atoms with van der Waals surface area (Å²) in [5.41, 5.74) is 7.82. The Morgan fingerprint density at radius 1 is 0.370 bits per heavy atom. The van der Waals surface area contributed by atoms with E-state index in [1.165, 1.54) is 36.3 Å². The first kappa shape index (κ1) is 30.7. The molecule has 3 heterocycles. The first-order valence-electron chi connectivity index (χ1n) is 18.1. The number of nitrogens with zero attached hydrogens (tertiary/aromatic N) is 4. The highest BCUT2D eigenvalue weighted by Gasteiger charge is 2.22. The largest absolute Gasteiger partial charge is 0.311 e. The highest BCUT2D eigenvalue weighted by atomic mass is 32.1. The Balaban J connectivity index is 1.15. The minimum Gasteiger partial charge on any atom is -0.311 e. The first-order chi connectivity index (χ1) is 26.8. The third-order valence-corrected chi connectivity index (χ3v) is 11.6. The Bertz CT molecular complexity index is 3170. The SMILES string of the molecule is c1ccc(N(c2ccccc2)c2ccc(-c3nc(-c4nc5c6sc7ccccc7c6c6ccccc6c5c5ccccc45)nc4ccccc34)cc2)cc1. The van der Waals surface area contributed by atoms with Crippen LogP contribution in [0, 0.1) is 0 Å². The molecule has 0 N–H and O–H groups in total. The zero-order valence-electron chi connectivity index (χ0n) is 29.0. The molecule has 54 heavy (non-hydrogen) atoms. The number of hydrogen-bond acceptors (Lipinski definition) is 5. The zero-order valence-corrected chi connectivity index (χ0v) is 29.8. The predicted molar refractivity (Wildman–Crippen MR) is 228 cm³/mol. The smallest absolute Gasteiger partial charge is 0.179 e. The van der Waals surface area contributed by atoms with Gasteiger partial charge in [0, 0.05) is 54.3 Å². The fourth-order valence-corrected chi connectivity index (χ4v) is 9.25. The van der Waals surface area contributed by atoms with Crippen molar-refractivity contribution >= 4 is 91.9 Å². The molecule has 0 fully saturated rings. The van der Waals surface area contributed by atoms with Gasteiger partial charge in [-0.2, -0.15) is 0 Å². The van der Waals surface area contributed by atoms with Crippen LogP contribution in [0.15, 0.2) is 182 Å². The number of aromatic nitrogens is 3. The van der Waals surface area contributed by atoms with Crippen LogP contribution in [0.3, 0.4) is 0 Å². The van der Waals surface area contributed by atoms with Gasteiger partial charge < -0.3 is 4.90 Å². The average molecular weight is 707 g/mol. The average Bonchev–Trinajstić information content (AvgIpc) is 3.64. The number of fused-ring (bicyclic) bond motifs is 11. The van der Waals surface area contributed by atoms with Gasteiger partial charge in [-0.1, -0.05) is 133 Å². The molecule has 0 unspecified atom stereocenters. The maximum atomic E-state index is 5.57. The first-order valence-corrected chi connectivity index (χ1v) is 18.9. The molecule has 3 aromatic heterocycles. The van der Waals surface area contributed by atoms with E-state index in [-0.39, 0.29) is 0 Å². The number of thiophene rings is 1. The Kier molecular flexibility index (Phi) is 7.00. The fraction of sp³-hybridized carbons (Fsp3) is 0. The van der Waals surface area contributed by atoms with Crippen LogP contribution in [-0.4, -0.2) is 15.0 Å². The van der Waals surface area contributed by atoms with Crippen LogP contribution in [0.2, 0.25) is 0 Å². The Labute approximate surface area is 315 Å². The second kappa shape index (κ2) is 12.3. The second-order valence-electron chi connectivity index (χ2n) is 13.5. The maximum absolute atomic E-state index is 5.57. The summed E-state index contributed by atoms with van der Waals surface area (Å²) in [5.74, 6) is 0.614. The normalized spacial score (nSPS) is 11.7. The van der Waals surface area contributed by atoms with Crippen molar-refractivity contribution in [2.24, 2.45) is 0 Å². The minimum atomic E-state index is 0.614. The molecular weight excluding hydrogens is 677 g/mol. The van der Waals surface area contributed by atoms with Crippen molar-refractivity contribution in [2.75, 3.05) is 4.90 Å². The maximum Gasteiger partial charge on any atom is 0.179 e. The molecule has 0 radical (unpaired) electrons. The highest BCUT2D eigenvalue weighted by molar-refractivity contribution is 7.27. The summed E-state index contributed by atoms with van der Waals surface area (Å²) >= 11 is 1.81. The second-order valence-corrected chi connectivity index (χ2v) is 14.6. The number of para-hydroxylation sites is 3. The van der Waals surface area contributed by atoms with Crippen LogP contribution in [0.25, 0.3) is 86.3 Å². The van der Waals surface area contributed by atoms with E-state index in [0.717, 1.165) is 61.2 Å². The van der Waals surface area contributed by atoms with Gasteiger partial charge in [0.25, 0.3) is 0 Å². The standard InChI is InChI=1S/C49H30N4S/c1-3-15-32(16-4-1)53(33-17-5-2-6-18-33)34-29-27-31(28-30-34)45-39-23-11-13-25-41(39)50-49(52-45)46-38-22-10-9-21-37(38)43-35-19-7-8-20-36(35)44-40-24-12-14-26-42(40)54-48(44)47(43)51-46/h1-30H. The van der Waals surface area contributed by atoms with Crippen LogP contribution < -0.4 is 4.90 Å². The number of benzene rings is 8. The number of pyridine rings is 1. The molecule has 0 saturated heterocycles. The molecule has 0 bridgehead atoms. The summed E-state index contributed by atoms with van der Waals surface area (Å²) in [6.45, 7) is 0.